The highest BCUT2D eigenvalue weighted by Gasteiger charge is 2.28. The maximum absolute atomic E-state index is 12.0. The molecule has 0 saturated carbocycles. The van der Waals surface area contributed by atoms with E-state index in [2.05, 4.69) is 10.3 Å². The van der Waals surface area contributed by atoms with Gasteiger partial charge in [-0.3, -0.25) is 4.79 Å². The second kappa shape index (κ2) is 9.17. The number of rotatable bonds is 6. The predicted octanol–water partition coefficient (Wildman–Crippen LogP) is 1.95. The maximum Gasteiger partial charge on any atom is 0.350 e. The standard InChI is InChI=1S/C14H23N3O4S.ClH/c1-14(2,3)11-10(12(19)21-5)22-13(17-11)16-9(18)6-8(7-15)20-4;/h8H,6-7,15H2,1-5H3,(H,16,17,18);1H. The van der Waals surface area contributed by atoms with Crippen LogP contribution in [0.1, 0.15) is 42.6 Å². The average molecular weight is 366 g/mol. The number of methoxy groups -OCH3 is 2. The summed E-state index contributed by atoms with van der Waals surface area (Å²) >= 11 is 1.10. The Morgan fingerprint density at radius 1 is 1.35 bits per heavy atom. The van der Waals surface area contributed by atoms with Crippen molar-refractivity contribution in [3.63, 3.8) is 0 Å². The van der Waals surface area contributed by atoms with Crippen LogP contribution in [0.3, 0.4) is 0 Å². The van der Waals surface area contributed by atoms with Crippen molar-refractivity contribution in [2.45, 2.75) is 38.7 Å². The fourth-order valence-electron chi connectivity index (χ4n) is 1.75. The number of nitrogens with zero attached hydrogens (tertiary/aromatic N) is 1. The highest BCUT2D eigenvalue weighted by atomic mass is 35.5. The molecular formula is C14H24ClN3O4S. The largest absolute Gasteiger partial charge is 0.465 e. The Labute approximate surface area is 146 Å². The van der Waals surface area contributed by atoms with Gasteiger partial charge < -0.3 is 20.5 Å². The van der Waals surface area contributed by atoms with Crippen LogP contribution in [0.25, 0.3) is 0 Å². The van der Waals surface area contributed by atoms with E-state index < -0.39 is 5.97 Å². The molecule has 0 spiro atoms. The molecule has 3 N–H and O–H groups in total. The lowest BCUT2D eigenvalue weighted by Gasteiger charge is -2.16. The summed E-state index contributed by atoms with van der Waals surface area (Å²) in [5.74, 6) is -0.720. The van der Waals surface area contributed by atoms with Crippen molar-refractivity contribution >= 4 is 40.8 Å². The summed E-state index contributed by atoms with van der Waals surface area (Å²) in [7, 11) is 2.82. The summed E-state index contributed by atoms with van der Waals surface area (Å²) in [4.78, 5) is 28.6. The third kappa shape index (κ3) is 6.06. The Kier molecular flexibility index (Phi) is 8.68. The van der Waals surface area contributed by atoms with Gasteiger partial charge in [0.25, 0.3) is 0 Å². The lowest BCUT2D eigenvalue weighted by molar-refractivity contribution is -0.118. The highest BCUT2D eigenvalue weighted by Crippen LogP contribution is 2.32. The quantitative estimate of drug-likeness (QED) is 0.747. The molecular weight excluding hydrogens is 342 g/mol. The van der Waals surface area contributed by atoms with Crippen molar-refractivity contribution in [1.29, 1.82) is 0 Å². The van der Waals surface area contributed by atoms with Gasteiger partial charge >= 0.3 is 5.97 Å². The van der Waals surface area contributed by atoms with E-state index >= 15 is 0 Å². The number of nitrogens with two attached hydrogens (primary N) is 1. The van der Waals surface area contributed by atoms with E-state index in [0.29, 0.717) is 15.7 Å². The molecule has 1 amide bonds. The summed E-state index contributed by atoms with van der Waals surface area (Å²) in [5.41, 5.74) is 5.75. The zero-order valence-electron chi connectivity index (χ0n) is 14.0. The molecule has 0 fully saturated rings. The van der Waals surface area contributed by atoms with Gasteiger partial charge in [0, 0.05) is 19.1 Å². The van der Waals surface area contributed by atoms with Crippen LogP contribution in [-0.2, 0) is 19.7 Å². The number of nitrogens with one attached hydrogen (secondary N) is 1. The molecule has 1 unspecified atom stereocenters. The molecule has 0 aromatic carbocycles. The van der Waals surface area contributed by atoms with Crippen LogP contribution in [0.2, 0.25) is 0 Å². The van der Waals surface area contributed by atoms with Gasteiger partial charge in [0.15, 0.2) is 5.13 Å². The summed E-state index contributed by atoms with van der Waals surface area (Å²) in [6, 6.07) is 0. The van der Waals surface area contributed by atoms with Crippen molar-refractivity contribution in [2.24, 2.45) is 5.73 Å². The predicted molar refractivity (Wildman–Crippen MR) is 92.5 cm³/mol. The number of carbonyl (C=O) groups excluding carboxylic acids is 2. The number of carbonyl (C=O) groups is 2. The van der Waals surface area contributed by atoms with Gasteiger partial charge in [-0.15, -0.1) is 12.4 Å². The van der Waals surface area contributed by atoms with Crippen LogP contribution < -0.4 is 11.1 Å². The first-order valence-electron chi connectivity index (χ1n) is 6.85. The van der Waals surface area contributed by atoms with Gasteiger partial charge in [0.2, 0.25) is 5.91 Å². The molecule has 1 aromatic rings. The van der Waals surface area contributed by atoms with E-state index in [-0.39, 0.29) is 42.8 Å². The molecule has 7 nitrogen and oxygen atoms in total. The molecule has 0 aliphatic heterocycles. The lowest BCUT2D eigenvalue weighted by Crippen LogP contribution is -2.28. The molecule has 1 heterocycles. The number of hydrogen-bond acceptors (Lipinski definition) is 7. The molecule has 0 saturated heterocycles. The Morgan fingerprint density at radius 3 is 2.39 bits per heavy atom. The number of thiazole rings is 1. The zero-order valence-corrected chi connectivity index (χ0v) is 15.6. The third-order valence-corrected chi connectivity index (χ3v) is 3.91. The van der Waals surface area contributed by atoms with Crippen LogP contribution in [0.5, 0.6) is 0 Å². The number of ether oxygens (including phenoxy) is 2. The third-order valence-electron chi connectivity index (χ3n) is 2.96. The van der Waals surface area contributed by atoms with Crippen LogP contribution in [0, 0.1) is 0 Å². The van der Waals surface area contributed by atoms with Gasteiger partial charge in [0.1, 0.15) is 4.88 Å². The Balaban J connectivity index is 0.00000484. The topological polar surface area (TPSA) is 104 Å². The van der Waals surface area contributed by atoms with Crippen molar-refractivity contribution in [3.05, 3.63) is 10.6 Å². The molecule has 0 aliphatic carbocycles. The molecule has 0 aliphatic rings. The Morgan fingerprint density at radius 2 is 1.96 bits per heavy atom. The van der Waals surface area contributed by atoms with Crippen LogP contribution in [0.15, 0.2) is 0 Å². The monoisotopic (exact) mass is 365 g/mol. The molecule has 1 rings (SSSR count). The first kappa shape index (κ1) is 21.8. The van der Waals surface area contributed by atoms with E-state index in [9.17, 15) is 9.59 Å². The van der Waals surface area contributed by atoms with Crippen molar-refractivity contribution in [1.82, 2.24) is 4.98 Å². The minimum absolute atomic E-state index is 0. The summed E-state index contributed by atoms with van der Waals surface area (Å²) in [6.07, 6.45) is -0.215. The highest BCUT2D eigenvalue weighted by molar-refractivity contribution is 7.17. The van der Waals surface area contributed by atoms with Gasteiger partial charge in [-0.2, -0.15) is 0 Å². The van der Waals surface area contributed by atoms with Crippen molar-refractivity contribution < 1.29 is 19.1 Å². The number of halogens is 1. The van der Waals surface area contributed by atoms with Gasteiger partial charge in [0.05, 0.1) is 25.3 Å². The smallest absolute Gasteiger partial charge is 0.350 e. The van der Waals surface area contributed by atoms with E-state index in [4.69, 9.17) is 15.2 Å². The molecule has 1 aromatic heterocycles. The van der Waals surface area contributed by atoms with Gasteiger partial charge in [-0.05, 0) is 0 Å². The van der Waals surface area contributed by atoms with Crippen LogP contribution >= 0.6 is 23.7 Å². The Hall–Kier alpha value is -1.22. The molecule has 0 radical (unpaired) electrons. The van der Waals surface area contributed by atoms with Crippen molar-refractivity contribution in [2.75, 3.05) is 26.1 Å². The number of hydrogen-bond donors (Lipinski definition) is 2. The molecule has 9 heteroatoms. The van der Waals surface area contributed by atoms with E-state index in [1.807, 2.05) is 20.8 Å². The van der Waals surface area contributed by atoms with Crippen LogP contribution in [0.4, 0.5) is 5.13 Å². The minimum atomic E-state index is -0.459. The number of esters is 1. The summed E-state index contributed by atoms with van der Waals surface area (Å²) in [6.45, 7) is 6.07. The average Bonchev–Trinajstić information content (AvgIpc) is 2.87. The fourth-order valence-corrected chi connectivity index (χ4v) is 2.86. The van der Waals surface area contributed by atoms with E-state index in [1.54, 1.807) is 0 Å². The van der Waals surface area contributed by atoms with Crippen molar-refractivity contribution in [3.8, 4) is 0 Å². The van der Waals surface area contributed by atoms with Gasteiger partial charge in [-0.25, -0.2) is 9.78 Å². The first-order valence-corrected chi connectivity index (χ1v) is 7.66. The maximum atomic E-state index is 12.0. The molecule has 132 valence electrons. The molecule has 0 bridgehead atoms. The second-order valence-electron chi connectivity index (χ2n) is 5.78. The summed E-state index contributed by atoms with van der Waals surface area (Å²) < 4.78 is 9.84. The van der Waals surface area contributed by atoms with Gasteiger partial charge in [-0.1, -0.05) is 32.1 Å². The zero-order chi connectivity index (χ0) is 16.9. The molecule has 23 heavy (non-hydrogen) atoms. The Bertz CT molecular complexity index is 539. The normalized spacial score (nSPS) is 12.3. The lowest BCUT2D eigenvalue weighted by atomic mass is 9.91. The fraction of sp³-hybridized carbons (Fsp3) is 0.643. The van der Waals surface area contributed by atoms with E-state index in [1.165, 1.54) is 14.2 Å². The number of amides is 1. The minimum Gasteiger partial charge on any atom is -0.465 e. The number of anilines is 1. The number of aromatic nitrogens is 1. The summed E-state index contributed by atoms with van der Waals surface area (Å²) in [5, 5.41) is 3.04. The second-order valence-corrected chi connectivity index (χ2v) is 6.78. The van der Waals surface area contributed by atoms with E-state index in [0.717, 1.165) is 11.3 Å². The molecule has 1 atom stereocenters. The van der Waals surface area contributed by atoms with Crippen LogP contribution in [-0.4, -0.2) is 43.7 Å². The SMILES string of the molecule is COC(=O)c1sc(NC(=O)CC(CN)OC)nc1C(C)(C)C.Cl. The first-order chi connectivity index (χ1) is 10.2.